The van der Waals surface area contributed by atoms with Crippen molar-refractivity contribution in [1.29, 1.82) is 0 Å². The molecule has 1 aromatic carbocycles. The van der Waals surface area contributed by atoms with Crippen LogP contribution in [0.15, 0.2) is 36.5 Å². The maximum absolute atomic E-state index is 11.5. The quantitative estimate of drug-likeness (QED) is 0.800. The summed E-state index contributed by atoms with van der Waals surface area (Å²) < 4.78 is 0. The summed E-state index contributed by atoms with van der Waals surface area (Å²) in [6.07, 6.45) is 1.40. The number of primary amides is 1. The summed E-state index contributed by atoms with van der Waals surface area (Å²) in [5.74, 6) is -0.530. The number of piperazine rings is 1. The average molecular weight is 360 g/mol. The Labute approximate surface area is 152 Å². The van der Waals surface area contributed by atoms with E-state index in [1.807, 2.05) is 0 Å². The van der Waals surface area contributed by atoms with Crippen LogP contribution >= 0.6 is 11.6 Å². The van der Waals surface area contributed by atoms with Crippen LogP contribution in [0.4, 0.5) is 11.4 Å². The number of aromatic nitrogens is 1. The van der Waals surface area contributed by atoms with Crippen LogP contribution in [-0.4, -0.2) is 49.0 Å². The molecule has 6 nitrogen and oxygen atoms in total. The van der Waals surface area contributed by atoms with E-state index in [9.17, 15) is 4.79 Å². The summed E-state index contributed by atoms with van der Waals surface area (Å²) in [4.78, 5) is 20.2. The third kappa shape index (κ3) is 4.41. The number of nitrogens with two attached hydrogens (primary N) is 1. The molecule has 3 N–H and O–H groups in total. The Morgan fingerprint density at radius 1 is 1.28 bits per heavy atom. The van der Waals surface area contributed by atoms with Gasteiger partial charge in [-0.15, -0.1) is 0 Å². The van der Waals surface area contributed by atoms with Crippen LogP contribution in [-0.2, 0) is 6.54 Å². The lowest BCUT2D eigenvalue weighted by Gasteiger charge is -2.34. The fourth-order valence-corrected chi connectivity index (χ4v) is 3.06. The van der Waals surface area contributed by atoms with Gasteiger partial charge in [-0.1, -0.05) is 23.7 Å². The Hall–Kier alpha value is -2.31. The van der Waals surface area contributed by atoms with Crippen molar-refractivity contribution in [3.8, 4) is 0 Å². The number of likely N-dealkylation sites (N-methyl/N-ethyl adjacent to an activating group) is 1. The Bertz CT molecular complexity index is 759. The van der Waals surface area contributed by atoms with E-state index in [1.165, 1.54) is 11.9 Å². The van der Waals surface area contributed by atoms with Crippen molar-refractivity contribution in [3.05, 3.63) is 52.8 Å². The first kappa shape index (κ1) is 17.5. The lowest BCUT2D eigenvalue weighted by atomic mass is 10.1. The highest BCUT2D eigenvalue weighted by atomic mass is 35.5. The van der Waals surface area contributed by atoms with E-state index in [0.29, 0.717) is 22.9 Å². The first-order valence-corrected chi connectivity index (χ1v) is 8.62. The predicted octanol–water partition coefficient (Wildman–Crippen LogP) is 2.20. The molecule has 2 heterocycles. The van der Waals surface area contributed by atoms with Crippen molar-refractivity contribution in [2.24, 2.45) is 5.73 Å². The van der Waals surface area contributed by atoms with Crippen molar-refractivity contribution < 1.29 is 4.79 Å². The van der Waals surface area contributed by atoms with Gasteiger partial charge in [0, 0.05) is 44.6 Å². The molecule has 0 saturated carbocycles. The summed E-state index contributed by atoms with van der Waals surface area (Å²) in [5.41, 5.74) is 8.66. The molecule has 132 valence electrons. The summed E-state index contributed by atoms with van der Waals surface area (Å²) in [5, 5.41) is 3.56. The fourth-order valence-electron chi connectivity index (χ4n) is 2.90. The molecule has 1 saturated heterocycles. The van der Waals surface area contributed by atoms with E-state index >= 15 is 0 Å². The normalized spacial score (nSPS) is 15.2. The second-order valence-corrected chi connectivity index (χ2v) is 6.62. The van der Waals surface area contributed by atoms with Crippen LogP contribution in [0.2, 0.25) is 5.15 Å². The fraction of sp³-hybridized carbons (Fsp3) is 0.333. The standard InChI is InChI=1S/C18H22ClN5O/c1-23-5-7-24(8-6-23)14-4-2-3-13(9-14)11-21-16-10-17(19)22-12-15(16)18(20)25/h2-4,9-10,12H,5-8,11H2,1H3,(H2,20,25)(H,21,22). The van der Waals surface area contributed by atoms with Gasteiger partial charge in [-0.3, -0.25) is 4.79 Å². The van der Waals surface area contributed by atoms with Crippen molar-refractivity contribution in [1.82, 2.24) is 9.88 Å². The zero-order chi connectivity index (χ0) is 17.8. The highest BCUT2D eigenvalue weighted by Crippen LogP contribution is 2.21. The lowest BCUT2D eigenvalue weighted by Crippen LogP contribution is -2.44. The number of nitrogens with one attached hydrogen (secondary N) is 1. The zero-order valence-corrected chi connectivity index (χ0v) is 15.0. The van der Waals surface area contributed by atoms with Gasteiger partial charge >= 0.3 is 0 Å². The SMILES string of the molecule is CN1CCN(c2cccc(CNc3cc(Cl)ncc3C(N)=O)c2)CC1. The molecule has 0 radical (unpaired) electrons. The molecule has 1 amide bonds. The van der Waals surface area contributed by atoms with E-state index in [0.717, 1.165) is 31.7 Å². The van der Waals surface area contributed by atoms with E-state index in [4.69, 9.17) is 17.3 Å². The van der Waals surface area contributed by atoms with Crippen molar-refractivity contribution >= 4 is 28.9 Å². The second kappa shape index (κ2) is 7.72. The van der Waals surface area contributed by atoms with Gasteiger partial charge in [0.1, 0.15) is 5.15 Å². The summed E-state index contributed by atoms with van der Waals surface area (Å²) in [6, 6.07) is 10.0. The van der Waals surface area contributed by atoms with Crippen LogP contribution in [0, 0.1) is 0 Å². The number of hydrogen-bond acceptors (Lipinski definition) is 5. The summed E-state index contributed by atoms with van der Waals surface area (Å²) in [7, 11) is 2.15. The molecule has 0 spiro atoms. The van der Waals surface area contributed by atoms with Gasteiger partial charge in [-0.2, -0.15) is 0 Å². The number of benzene rings is 1. The smallest absolute Gasteiger partial charge is 0.252 e. The molecular weight excluding hydrogens is 338 g/mol. The zero-order valence-electron chi connectivity index (χ0n) is 14.2. The topological polar surface area (TPSA) is 74.5 Å². The molecule has 1 aromatic heterocycles. The number of pyridine rings is 1. The van der Waals surface area contributed by atoms with Gasteiger partial charge in [0.2, 0.25) is 0 Å². The number of rotatable bonds is 5. The number of amides is 1. The third-order valence-corrected chi connectivity index (χ3v) is 4.60. The second-order valence-electron chi connectivity index (χ2n) is 6.23. The molecule has 25 heavy (non-hydrogen) atoms. The minimum atomic E-state index is -0.530. The lowest BCUT2D eigenvalue weighted by molar-refractivity contribution is 0.100. The number of nitrogens with zero attached hydrogens (tertiary/aromatic N) is 3. The summed E-state index contributed by atoms with van der Waals surface area (Å²) >= 11 is 5.93. The van der Waals surface area contributed by atoms with Gasteiger partial charge in [0.25, 0.3) is 5.91 Å². The highest BCUT2D eigenvalue weighted by molar-refractivity contribution is 6.29. The largest absolute Gasteiger partial charge is 0.380 e. The van der Waals surface area contributed by atoms with Gasteiger partial charge in [0.15, 0.2) is 0 Å². The number of anilines is 2. The Balaban J connectivity index is 1.71. The Morgan fingerprint density at radius 3 is 2.76 bits per heavy atom. The van der Waals surface area contributed by atoms with Gasteiger partial charge in [0.05, 0.1) is 11.3 Å². The van der Waals surface area contributed by atoms with E-state index < -0.39 is 5.91 Å². The molecule has 1 fully saturated rings. The van der Waals surface area contributed by atoms with Crippen molar-refractivity contribution in [2.45, 2.75) is 6.54 Å². The van der Waals surface area contributed by atoms with Gasteiger partial charge in [-0.05, 0) is 30.8 Å². The van der Waals surface area contributed by atoms with Crippen molar-refractivity contribution in [2.75, 3.05) is 43.4 Å². The maximum atomic E-state index is 11.5. The van der Waals surface area contributed by atoms with Gasteiger partial charge < -0.3 is 20.9 Å². The first-order valence-electron chi connectivity index (χ1n) is 8.24. The average Bonchev–Trinajstić information content (AvgIpc) is 2.60. The number of carbonyl (C=O) groups is 1. The maximum Gasteiger partial charge on any atom is 0.252 e. The molecule has 0 bridgehead atoms. The van der Waals surface area contributed by atoms with Crippen LogP contribution in [0.25, 0.3) is 0 Å². The molecule has 0 aliphatic carbocycles. The molecule has 7 heteroatoms. The van der Waals surface area contributed by atoms with E-state index in [2.05, 4.69) is 51.4 Å². The van der Waals surface area contributed by atoms with Crippen LogP contribution in [0.5, 0.6) is 0 Å². The number of halogens is 1. The Morgan fingerprint density at radius 2 is 2.04 bits per heavy atom. The molecule has 0 atom stereocenters. The van der Waals surface area contributed by atoms with E-state index in [-0.39, 0.29) is 0 Å². The third-order valence-electron chi connectivity index (χ3n) is 4.40. The minimum absolute atomic E-state index is 0.318. The highest BCUT2D eigenvalue weighted by Gasteiger charge is 2.14. The van der Waals surface area contributed by atoms with E-state index in [1.54, 1.807) is 6.07 Å². The minimum Gasteiger partial charge on any atom is -0.380 e. The first-order chi connectivity index (χ1) is 12.0. The molecule has 3 rings (SSSR count). The number of carbonyl (C=O) groups excluding carboxylic acids is 1. The summed E-state index contributed by atoms with van der Waals surface area (Å²) in [6.45, 7) is 4.76. The molecule has 2 aromatic rings. The van der Waals surface area contributed by atoms with Crippen LogP contribution < -0.4 is 16.0 Å². The van der Waals surface area contributed by atoms with Crippen LogP contribution in [0.1, 0.15) is 15.9 Å². The molecule has 1 aliphatic rings. The predicted molar refractivity (Wildman–Crippen MR) is 101 cm³/mol. The number of hydrogen-bond donors (Lipinski definition) is 2. The molecular formula is C18H22ClN5O. The van der Waals surface area contributed by atoms with Crippen LogP contribution in [0.3, 0.4) is 0 Å². The Kier molecular flexibility index (Phi) is 5.40. The molecule has 1 aliphatic heterocycles. The van der Waals surface area contributed by atoms with Crippen molar-refractivity contribution in [3.63, 3.8) is 0 Å². The van der Waals surface area contributed by atoms with Gasteiger partial charge in [-0.25, -0.2) is 4.98 Å². The molecule has 0 unspecified atom stereocenters. The monoisotopic (exact) mass is 359 g/mol.